The number of nitrogen functional groups attached to an aromatic ring is 1. The Bertz CT molecular complexity index is 546. The van der Waals surface area contributed by atoms with Crippen LogP contribution in [0.15, 0.2) is 41.3 Å². The van der Waals surface area contributed by atoms with Crippen molar-refractivity contribution < 1.29 is 4.74 Å². The Morgan fingerprint density at radius 1 is 1.22 bits per heavy atom. The van der Waals surface area contributed by atoms with Gasteiger partial charge in [0.1, 0.15) is 0 Å². The molecular formula is C13H15N3OS. The van der Waals surface area contributed by atoms with Crippen LogP contribution in [-0.4, -0.2) is 18.3 Å². The number of ether oxygens (including phenoxy) is 1. The van der Waals surface area contributed by atoms with E-state index in [-0.39, 0.29) is 0 Å². The Morgan fingerprint density at radius 3 is 2.72 bits per heavy atom. The van der Waals surface area contributed by atoms with Crippen LogP contribution < -0.4 is 15.8 Å². The summed E-state index contributed by atoms with van der Waals surface area (Å²) in [5, 5.41) is 3.23. The molecule has 0 amide bonds. The van der Waals surface area contributed by atoms with Gasteiger partial charge in [-0.05, 0) is 24.5 Å². The van der Waals surface area contributed by atoms with Crippen molar-refractivity contribution in [3.63, 3.8) is 0 Å². The molecule has 0 saturated carbocycles. The molecule has 4 nitrogen and oxygen atoms in total. The van der Waals surface area contributed by atoms with E-state index in [4.69, 9.17) is 10.5 Å². The highest BCUT2D eigenvalue weighted by molar-refractivity contribution is 7.98. The van der Waals surface area contributed by atoms with Crippen molar-refractivity contribution in [3.05, 3.63) is 36.4 Å². The second-order valence-corrected chi connectivity index (χ2v) is 4.46. The first-order chi connectivity index (χ1) is 8.74. The molecule has 1 aromatic heterocycles. The molecule has 0 aliphatic rings. The maximum atomic E-state index is 5.90. The fourth-order valence-electron chi connectivity index (χ4n) is 1.54. The lowest BCUT2D eigenvalue weighted by atomic mass is 10.3. The van der Waals surface area contributed by atoms with Crippen LogP contribution in [0, 0.1) is 0 Å². The number of hydrogen-bond donors (Lipinski definition) is 2. The zero-order chi connectivity index (χ0) is 13.0. The fraction of sp³-hybridized carbons (Fsp3) is 0.154. The number of nitrogens with one attached hydrogen (secondary N) is 1. The molecular weight excluding hydrogens is 246 g/mol. The number of rotatable bonds is 4. The molecule has 2 rings (SSSR count). The first kappa shape index (κ1) is 12.6. The number of nitrogens with zero attached hydrogens (tertiary/aromatic N) is 1. The quantitative estimate of drug-likeness (QED) is 0.828. The van der Waals surface area contributed by atoms with Crippen LogP contribution in [0.1, 0.15) is 0 Å². The van der Waals surface area contributed by atoms with Crippen LogP contribution in [-0.2, 0) is 0 Å². The molecule has 0 aliphatic heterocycles. The first-order valence-electron chi connectivity index (χ1n) is 5.45. The molecule has 0 saturated heterocycles. The van der Waals surface area contributed by atoms with Crippen LogP contribution in [0.25, 0.3) is 0 Å². The van der Waals surface area contributed by atoms with Crippen molar-refractivity contribution in [1.29, 1.82) is 0 Å². The van der Waals surface area contributed by atoms with Gasteiger partial charge in [0, 0.05) is 11.0 Å². The van der Waals surface area contributed by atoms with Gasteiger partial charge in [-0.3, -0.25) is 0 Å². The van der Waals surface area contributed by atoms with Crippen molar-refractivity contribution in [2.45, 2.75) is 4.90 Å². The molecule has 3 N–H and O–H groups in total. The van der Waals surface area contributed by atoms with Crippen LogP contribution in [0.5, 0.6) is 5.88 Å². The van der Waals surface area contributed by atoms with Gasteiger partial charge in [-0.2, -0.15) is 4.98 Å². The molecule has 1 aromatic carbocycles. The number of nitrogens with two attached hydrogens (primary N) is 1. The predicted octanol–water partition coefficient (Wildman–Crippen LogP) is 3.14. The number of anilines is 3. The first-order valence-corrected chi connectivity index (χ1v) is 6.67. The summed E-state index contributed by atoms with van der Waals surface area (Å²) in [6, 6.07) is 11.5. The number of thioether (sulfide) groups is 1. The molecule has 0 spiro atoms. The van der Waals surface area contributed by atoms with E-state index in [9.17, 15) is 0 Å². The number of pyridine rings is 1. The molecule has 0 radical (unpaired) electrons. The third kappa shape index (κ3) is 2.68. The van der Waals surface area contributed by atoms with E-state index in [1.807, 2.05) is 30.5 Å². The Morgan fingerprint density at radius 2 is 2.00 bits per heavy atom. The Balaban J connectivity index is 2.33. The second-order valence-electron chi connectivity index (χ2n) is 3.62. The highest BCUT2D eigenvalue weighted by Crippen LogP contribution is 2.29. The summed E-state index contributed by atoms with van der Waals surface area (Å²) in [6.07, 6.45) is 2.03. The number of aromatic nitrogens is 1. The molecule has 94 valence electrons. The number of methoxy groups -OCH3 is 1. The van der Waals surface area contributed by atoms with Crippen molar-refractivity contribution in [1.82, 2.24) is 4.98 Å². The summed E-state index contributed by atoms with van der Waals surface area (Å²) >= 11 is 1.67. The van der Waals surface area contributed by atoms with E-state index in [2.05, 4.69) is 10.3 Å². The minimum atomic E-state index is 0.535. The lowest BCUT2D eigenvalue weighted by Gasteiger charge is -2.12. The summed E-state index contributed by atoms with van der Waals surface area (Å²) < 4.78 is 5.09. The third-order valence-electron chi connectivity index (χ3n) is 2.47. The number of hydrogen-bond acceptors (Lipinski definition) is 5. The van der Waals surface area contributed by atoms with Gasteiger partial charge < -0.3 is 15.8 Å². The van der Waals surface area contributed by atoms with Gasteiger partial charge in [0.05, 0.1) is 18.5 Å². The second kappa shape index (κ2) is 5.64. The maximum absolute atomic E-state index is 5.90. The van der Waals surface area contributed by atoms with Crippen LogP contribution in [0.3, 0.4) is 0 Å². The van der Waals surface area contributed by atoms with Crippen LogP contribution in [0.4, 0.5) is 17.2 Å². The van der Waals surface area contributed by atoms with Crippen molar-refractivity contribution in [2.75, 3.05) is 24.4 Å². The standard InChI is InChI=1S/C13H15N3OS/c1-17-12-8-7-9(14)13(16-12)15-10-5-3-4-6-11(10)18-2/h3-8H,14H2,1-2H3,(H,15,16). The van der Waals surface area contributed by atoms with Crippen molar-refractivity contribution in [2.24, 2.45) is 0 Å². The fourth-order valence-corrected chi connectivity index (χ4v) is 2.09. The van der Waals surface area contributed by atoms with Gasteiger partial charge >= 0.3 is 0 Å². The summed E-state index contributed by atoms with van der Waals surface area (Å²) in [5.41, 5.74) is 7.47. The molecule has 0 bridgehead atoms. The average molecular weight is 261 g/mol. The monoisotopic (exact) mass is 261 g/mol. The van der Waals surface area contributed by atoms with E-state index < -0.39 is 0 Å². The lowest BCUT2D eigenvalue weighted by molar-refractivity contribution is 0.398. The highest BCUT2D eigenvalue weighted by Gasteiger charge is 2.06. The van der Waals surface area contributed by atoms with E-state index in [1.165, 1.54) is 0 Å². The number of para-hydroxylation sites is 1. The van der Waals surface area contributed by atoms with Crippen LogP contribution >= 0.6 is 11.8 Å². The van der Waals surface area contributed by atoms with Gasteiger partial charge in [-0.25, -0.2) is 0 Å². The summed E-state index contributed by atoms with van der Waals surface area (Å²) in [5.74, 6) is 1.14. The lowest BCUT2D eigenvalue weighted by Crippen LogP contribution is -2.01. The third-order valence-corrected chi connectivity index (χ3v) is 3.27. The van der Waals surface area contributed by atoms with Crippen LogP contribution in [0.2, 0.25) is 0 Å². The van der Waals surface area contributed by atoms with Gasteiger partial charge in [-0.1, -0.05) is 12.1 Å². The molecule has 0 aliphatic carbocycles. The topological polar surface area (TPSA) is 60.2 Å². The van der Waals surface area contributed by atoms with E-state index in [1.54, 1.807) is 31.0 Å². The van der Waals surface area contributed by atoms with Crippen molar-refractivity contribution in [3.8, 4) is 5.88 Å². The zero-order valence-corrected chi connectivity index (χ0v) is 11.1. The van der Waals surface area contributed by atoms with E-state index in [0.717, 1.165) is 10.6 Å². The maximum Gasteiger partial charge on any atom is 0.215 e. The Kier molecular flexibility index (Phi) is 3.94. The predicted molar refractivity (Wildman–Crippen MR) is 76.7 cm³/mol. The van der Waals surface area contributed by atoms with E-state index in [0.29, 0.717) is 17.4 Å². The van der Waals surface area contributed by atoms with Crippen molar-refractivity contribution >= 4 is 29.0 Å². The molecule has 0 unspecified atom stereocenters. The zero-order valence-electron chi connectivity index (χ0n) is 10.3. The molecule has 0 fully saturated rings. The van der Waals surface area contributed by atoms with E-state index >= 15 is 0 Å². The summed E-state index contributed by atoms with van der Waals surface area (Å²) in [4.78, 5) is 5.43. The molecule has 5 heteroatoms. The molecule has 18 heavy (non-hydrogen) atoms. The van der Waals surface area contributed by atoms with Gasteiger partial charge in [0.25, 0.3) is 0 Å². The molecule has 0 atom stereocenters. The summed E-state index contributed by atoms with van der Waals surface area (Å²) in [6.45, 7) is 0. The average Bonchev–Trinajstić information content (AvgIpc) is 2.42. The minimum Gasteiger partial charge on any atom is -0.481 e. The minimum absolute atomic E-state index is 0.535. The Hall–Kier alpha value is -1.88. The van der Waals surface area contributed by atoms with Gasteiger partial charge in [0.2, 0.25) is 5.88 Å². The Labute approximate surface area is 111 Å². The molecule has 1 heterocycles. The summed E-state index contributed by atoms with van der Waals surface area (Å²) in [7, 11) is 1.58. The van der Waals surface area contributed by atoms with Gasteiger partial charge in [0.15, 0.2) is 5.82 Å². The normalized spacial score (nSPS) is 10.1. The highest BCUT2D eigenvalue weighted by atomic mass is 32.2. The molecule has 2 aromatic rings. The largest absolute Gasteiger partial charge is 0.481 e. The van der Waals surface area contributed by atoms with Gasteiger partial charge in [-0.15, -0.1) is 11.8 Å². The SMILES string of the molecule is COc1ccc(N)c(Nc2ccccc2SC)n1. The smallest absolute Gasteiger partial charge is 0.215 e. The number of benzene rings is 1.